The minimum Gasteiger partial charge on any atom is -0.460 e. The molecule has 4 rings (SSSR count). The van der Waals surface area contributed by atoms with Crippen LogP contribution in [0.4, 0.5) is 0 Å². The molecule has 2 aliphatic heterocycles. The van der Waals surface area contributed by atoms with Gasteiger partial charge in [0.05, 0.1) is 90.4 Å². The maximum absolute atomic E-state index is 12.6. The van der Waals surface area contributed by atoms with Crippen LogP contribution in [0.3, 0.4) is 0 Å². The third kappa shape index (κ3) is 10.1. The van der Waals surface area contributed by atoms with Crippen molar-refractivity contribution in [3.05, 3.63) is 59.7 Å². The minimum absolute atomic E-state index is 0.142. The molecule has 10 nitrogen and oxygen atoms in total. The first-order valence-corrected chi connectivity index (χ1v) is 15.5. The van der Waals surface area contributed by atoms with Gasteiger partial charge in [0.2, 0.25) is 0 Å². The summed E-state index contributed by atoms with van der Waals surface area (Å²) in [5, 5.41) is 0. The Morgan fingerprint density at radius 2 is 0.977 bits per heavy atom. The summed E-state index contributed by atoms with van der Waals surface area (Å²) in [5.74, 6) is -0.881. The van der Waals surface area contributed by atoms with Crippen molar-refractivity contribution in [1.82, 2.24) is 0 Å². The molecular formula is C34H46O10. The number of benzene rings is 2. The standard InChI is InChI=1S/C34H46O10/c1-3-33(23-41-24-33)21-39-13-11-37-15-17-43-31(35)29-9-5-7-27(19-29)28-8-6-10-30(20-28)32(36)44-18-16-38-12-14-40-22-34(4-2)25-42-26-34/h5-10,19-20H,3-4,11-18,21-26H2,1-2H3. The summed E-state index contributed by atoms with van der Waals surface area (Å²) in [7, 11) is 0. The molecule has 0 bridgehead atoms. The minimum atomic E-state index is -0.440. The maximum atomic E-state index is 12.6. The zero-order valence-electron chi connectivity index (χ0n) is 26.0. The first kappa shape index (κ1) is 34.0. The predicted molar refractivity (Wildman–Crippen MR) is 163 cm³/mol. The van der Waals surface area contributed by atoms with Crippen LogP contribution in [0, 0.1) is 10.8 Å². The smallest absolute Gasteiger partial charge is 0.338 e. The van der Waals surface area contributed by atoms with Crippen LogP contribution >= 0.6 is 0 Å². The summed E-state index contributed by atoms with van der Waals surface area (Å²) in [6.45, 7) is 11.4. The molecule has 0 unspecified atom stereocenters. The Kier molecular flexibility index (Phi) is 13.6. The molecule has 242 valence electrons. The van der Waals surface area contributed by atoms with Gasteiger partial charge >= 0.3 is 11.9 Å². The monoisotopic (exact) mass is 614 g/mol. The van der Waals surface area contributed by atoms with E-state index in [2.05, 4.69) is 13.8 Å². The Balaban J connectivity index is 1.11. The van der Waals surface area contributed by atoms with E-state index < -0.39 is 11.9 Å². The van der Waals surface area contributed by atoms with Crippen LogP contribution in [-0.2, 0) is 37.9 Å². The second-order valence-electron chi connectivity index (χ2n) is 11.5. The van der Waals surface area contributed by atoms with Gasteiger partial charge in [0.25, 0.3) is 0 Å². The molecule has 0 saturated carbocycles. The summed E-state index contributed by atoms with van der Waals surface area (Å²) in [5.41, 5.74) is 2.71. The highest BCUT2D eigenvalue weighted by Gasteiger charge is 2.37. The fraction of sp³-hybridized carbons (Fsp3) is 0.588. The van der Waals surface area contributed by atoms with Crippen LogP contribution in [0.1, 0.15) is 47.4 Å². The molecule has 0 amide bonds. The number of carbonyl (C=O) groups is 2. The quantitative estimate of drug-likeness (QED) is 0.146. The number of hydrogen-bond donors (Lipinski definition) is 0. The first-order valence-electron chi connectivity index (χ1n) is 15.5. The van der Waals surface area contributed by atoms with Crippen molar-refractivity contribution in [1.29, 1.82) is 0 Å². The largest absolute Gasteiger partial charge is 0.460 e. The van der Waals surface area contributed by atoms with Crippen LogP contribution in [0.2, 0.25) is 0 Å². The highest BCUT2D eigenvalue weighted by atomic mass is 16.6. The van der Waals surface area contributed by atoms with Crippen molar-refractivity contribution < 1.29 is 47.5 Å². The van der Waals surface area contributed by atoms with Crippen LogP contribution < -0.4 is 0 Å². The second-order valence-corrected chi connectivity index (χ2v) is 11.5. The lowest BCUT2D eigenvalue weighted by Crippen LogP contribution is -2.45. The van der Waals surface area contributed by atoms with Gasteiger partial charge in [0.15, 0.2) is 0 Å². The molecule has 44 heavy (non-hydrogen) atoms. The summed E-state index contributed by atoms with van der Waals surface area (Å²) in [6, 6.07) is 14.2. The highest BCUT2D eigenvalue weighted by Crippen LogP contribution is 2.32. The van der Waals surface area contributed by atoms with Gasteiger partial charge in [-0.15, -0.1) is 0 Å². The average Bonchev–Trinajstić information content (AvgIpc) is 3.02. The van der Waals surface area contributed by atoms with Gasteiger partial charge in [-0.05, 0) is 48.2 Å². The third-order valence-electron chi connectivity index (χ3n) is 8.15. The molecule has 0 aromatic heterocycles. The van der Waals surface area contributed by atoms with Crippen molar-refractivity contribution in [2.24, 2.45) is 10.8 Å². The van der Waals surface area contributed by atoms with E-state index in [1.54, 1.807) is 36.4 Å². The molecule has 2 aliphatic rings. The number of esters is 2. The molecule has 2 fully saturated rings. The molecule has 2 heterocycles. The molecule has 2 aromatic carbocycles. The second kappa shape index (κ2) is 17.6. The third-order valence-corrected chi connectivity index (χ3v) is 8.15. The number of rotatable bonds is 21. The topological polar surface area (TPSA) is 108 Å². The molecule has 0 N–H and O–H groups in total. The highest BCUT2D eigenvalue weighted by molar-refractivity contribution is 5.93. The lowest BCUT2D eigenvalue weighted by atomic mass is 9.84. The zero-order valence-corrected chi connectivity index (χ0v) is 26.0. The number of carbonyl (C=O) groups excluding carboxylic acids is 2. The van der Waals surface area contributed by atoms with Crippen LogP contribution in [0.5, 0.6) is 0 Å². The van der Waals surface area contributed by atoms with Gasteiger partial charge < -0.3 is 37.9 Å². The first-order chi connectivity index (χ1) is 21.5. The fourth-order valence-corrected chi connectivity index (χ4v) is 4.78. The molecule has 0 atom stereocenters. The molecule has 2 aromatic rings. The molecule has 2 saturated heterocycles. The van der Waals surface area contributed by atoms with Crippen molar-refractivity contribution >= 4 is 11.9 Å². The zero-order chi connectivity index (χ0) is 31.1. The lowest BCUT2D eigenvalue weighted by molar-refractivity contribution is -0.153. The SMILES string of the molecule is CCC1(COCCOCCOC(=O)c2cccc(-c3cccc(C(=O)OCCOCCOCC4(CC)COC4)c3)c2)COC1. The van der Waals surface area contributed by atoms with Crippen LogP contribution in [0.15, 0.2) is 48.5 Å². The van der Waals surface area contributed by atoms with E-state index in [0.29, 0.717) is 50.8 Å². The molecule has 0 aliphatic carbocycles. The molecule has 10 heteroatoms. The van der Waals surface area contributed by atoms with Gasteiger partial charge in [-0.1, -0.05) is 38.1 Å². The molecule has 0 radical (unpaired) electrons. The van der Waals surface area contributed by atoms with Gasteiger partial charge in [-0.2, -0.15) is 0 Å². The van der Waals surface area contributed by atoms with Gasteiger partial charge in [0, 0.05) is 10.8 Å². The fourth-order valence-electron chi connectivity index (χ4n) is 4.78. The van der Waals surface area contributed by atoms with Gasteiger partial charge in [-0.3, -0.25) is 0 Å². The van der Waals surface area contributed by atoms with E-state index in [0.717, 1.165) is 50.4 Å². The summed E-state index contributed by atoms with van der Waals surface area (Å²) >= 11 is 0. The number of ether oxygens (including phenoxy) is 8. The summed E-state index contributed by atoms with van der Waals surface area (Å²) < 4.78 is 43.8. The normalized spacial score (nSPS) is 16.5. The van der Waals surface area contributed by atoms with E-state index in [4.69, 9.17) is 37.9 Å². The van der Waals surface area contributed by atoms with Crippen molar-refractivity contribution in [3.63, 3.8) is 0 Å². The summed E-state index contributed by atoms with van der Waals surface area (Å²) in [4.78, 5) is 25.2. The van der Waals surface area contributed by atoms with Crippen molar-refractivity contribution in [2.75, 3.05) is 92.5 Å². The molecular weight excluding hydrogens is 568 g/mol. The average molecular weight is 615 g/mol. The lowest BCUT2D eigenvalue weighted by Gasteiger charge is -2.40. The van der Waals surface area contributed by atoms with Gasteiger partial charge in [0.1, 0.15) is 13.2 Å². The van der Waals surface area contributed by atoms with E-state index in [1.165, 1.54) is 0 Å². The Hall–Kier alpha value is -2.86. The van der Waals surface area contributed by atoms with E-state index in [9.17, 15) is 9.59 Å². The van der Waals surface area contributed by atoms with Crippen molar-refractivity contribution in [2.45, 2.75) is 26.7 Å². The Labute approximate surface area is 260 Å². The Morgan fingerprint density at radius 1 is 0.591 bits per heavy atom. The van der Waals surface area contributed by atoms with Crippen molar-refractivity contribution in [3.8, 4) is 11.1 Å². The van der Waals surface area contributed by atoms with Crippen LogP contribution in [0.25, 0.3) is 11.1 Å². The maximum Gasteiger partial charge on any atom is 0.338 e. The van der Waals surface area contributed by atoms with E-state index in [1.807, 2.05) is 12.1 Å². The summed E-state index contributed by atoms with van der Waals surface area (Å²) in [6.07, 6.45) is 2.07. The predicted octanol–water partition coefficient (Wildman–Crippen LogP) is 4.59. The Morgan fingerprint density at radius 3 is 1.34 bits per heavy atom. The Bertz CT molecular complexity index is 1070. The molecule has 0 spiro atoms. The van der Waals surface area contributed by atoms with E-state index in [-0.39, 0.29) is 37.3 Å². The number of hydrogen-bond acceptors (Lipinski definition) is 10. The van der Waals surface area contributed by atoms with Gasteiger partial charge in [-0.25, -0.2) is 9.59 Å². The van der Waals surface area contributed by atoms with Crippen LogP contribution in [-0.4, -0.2) is 104 Å². The van der Waals surface area contributed by atoms with E-state index >= 15 is 0 Å².